The van der Waals surface area contributed by atoms with Crippen LogP contribution in [0.15, 0.2) is 36.3 Å². The SMILES string of the molecule is C=C1NC(=O)C(C)=CN1C1C=CC(COC(=O)COCCOC)O1. The Balaban J connectivity index is 1.74. The highest BCUT2D eigenvalue weighted by molar-refractivity contribution is 5.94. The van der Waals surface area contributed by atoms with E-state index in [0.29, 0.717) is 24.6 Å². The minimum Gasteiger partial charge on any atom is -0.461 e. The summed E-state index contributed by atoms with van der Waals surface area (Å²) >= 11 is 0. The number of nitrogens with zero attached hydrogens (tertiary/aromatic N) is 1. The molecule has 8 heteroatoms. The summed E-state index contributed by atoms with van der Waals surface area (Å²) in [5.74, 6) is -0.210. The quantitative estimate of drug-likeness (QED) is 0.386. The summed E-state index contributed by atoms with van der Waals surface area (Å²) in [5.41, 5.74) is 0.558. The third kappa shape index (κ3) is 4.92. The normalized spacial score (nSPS) is 23.2. The molecule has 8 nitrogen and oxygen atoms in total. The molecule has 0 aromatic heterocycles. The monoisotopic (exact) mass is 338 g/mol. The van der Waals surface area contributed by atoms with Gasteiger partial charge in [-0.3, -0.25) is 4.79 Å². The predicted molar refractivity (Wildman–Crippen MR) is 84.3 cm³/mol. The van der Waals surface area contributed by atoms with Gasteiger partial charge in [0.1, 0.15) is 25.1 Å². The average Bonchev–Trinajstić information content (AvgIpc) is 3.02. The lowest BCUT2D eigenvalue weighted by Gasteiger charge is -2.32. The standard InChI is InChI=1S/C16H22N2O6/c1-11-8-18(12(2)17-16(11)20)14-5-4-13(24-14)9-23-15(19)10-22-7-6-21-3/h4-5,8,13-14H,2,6-7,9-10H2,1,3H3,(H,17,20). The Labute approximate surface area is 140 Å². The van der Waals surface area contributed by atoms with Gasteiger partial charge >= 0.3 is 5.97 Å². The summed E-state index contributed by atoms with van der Waals surface area (Å²) in [6, 6.07) is 0. The van der Waals surface area contributed by atoms with E-state index in [1.807, 2.05) is 6.08 Å². The zero-order chi connectivity index (χ0) is 17.5. The Kier molecular flexibility index (Phi) is 6.53. The largest absolute Gasteiger partial charge is 0.461 e. The van der Waals surface area contributed by atoms with Gasteiger partial charge in [0.2, 0.25) is 0 Å². The van der Waals surface area contributed by atoms with Crippen LogP contribution in [0.5, 0.6) is 0 Å². The summed E-state index contributed by atoms with van der Waals surface area (Å²) in [6.07, 6.45) is 4.52. The maximum absolute atomic E-state index is 11.5. The molecule has 24 heavy (non-hydrogen) atoms. The molecule has 0 radical (unpaired) electrons. The molecular formula is C16H22N2O6. The number of ether oxygens (including phenoxy) is 4. The smallest absolute Gasteiger partial charge is 0.332 e. The molecule has 0 saturated heterocycles. The van der Waals surface area contributed by atoms with Gasteiger partial charge < -0.3 is 29.2 Å². The number of rotatable bonds is 8. The van der Waals surface area contributed by atoms with Crippen molar-refractivity contribution in [2.45, 2.75) is 19.3 Å². The number of hydrogen-bond donors (Lipinski definition) is 1. The lowest BCUT2D eigenvalue weighted by Crippen LogP contribution is -2.42. The molecule has 2 atom stereocenters. The highest BCUT2D eigenvalue weighted by Crippen LogP contribution is 2.22. The molecule has 0 aromatic rings. The van der Waals surface area contributed by atoms with E-state index >= 15 is 0 Å². The van der Waals surface area contributed by atoms with Gasteiger partial charge in [-0.05, 0) is 13.0 Å². The predicted octanol–water partition coefficient (Wildman–Crippen LogP) is 0.281. The number of amides is 1. The number of esters is 1. The summed E-state index contributed by atoms with van der Waals surface area (Å²) in [6.45, 7) is 6.23. The Morgan fingerprint density at radius 2 is 2.21 bits per heavy atom. The molecular weight excluding hydrogens is 316 g/mol. The van der Waals surface area contributed by atoms with Crippen molar-refractivity contribution >= 4 is 11.9 Å². The van der Waals surface area contributed by atoms with Crippen LogP contribution in [-0.2, 0) is 28.5 Å². The summed E-state index contributed by atoms with van der Waals surface area (Å²) < 4.78 is 20.8. The van der Waals surface area contributed by atoms with Crippen LogP contribution in [0.1, 0.15) is 6.92 Å². The molecule has 0 saturated carbocycles. The molecule has 2 aliphatic rings. The minimum absolute atomic E-state index is 0.0921. The van der Waals surface area contributed by atoms with Crippen LogP contribution in [0, 0.1) is 0 Å². The van der Waals surface area contributed by atoms with Crippen molar-refractivity contribution in [2.75, 3.05) is 33.5 Å². The second-order valence-corrected chi connectivity index (χ2v) is 5.30. The van der Waals surface area contributed by atoms with Crippen molar-refractivity contribution in [1.29, 1.82) is 0 Å². The van der Waals surface area contributed by atoms with Gasteiger partial charge in [0.25, 0.3) is 5.91 Å². The lowest BCUT2D eigenvalue weighted by atomic mass is 10.2. The molecule has 1 N–H and O–H groups in total. The van der Waals surface area contributed by atoms with E-state index in [1.54, 1.807) is 31.2 Å². The topological polar surface area (TPSA) is 86.3 Å². The van der Waals surface area contributed by atoms with E-state index < -0.39 is 12.2 Å². The number of nitrogens with one attached hydrogen (secondary N) is 1. The van der Waals surface area contributed by atoms with Crippen molar-refractivity contribution in [1.82, 2.24) is 10.2 Å². The first-order valence-corrected chi connectivity index (χ1v) is 7.54. The van der Waals surface area contributed by atoms with Crippen molar-refractivity contribution in [3.63, 3.8) is 0 Å². The first kappa shape index (κ1) is 18.2. The average molecular weight is 338 g/mol. The Bertz CT molecular complexity index is 557. The van der Waals surface area contributed by atoms with Crippen LogP contribution in [-0.4, -0.2) is 62.6 Å². The highest BCUT2D eigenvalue weighted by Gasteiger charge is 2.29. The number of carbonyl (C=O) groups excluding carboxylic acids is 2. The van der Waals surface area contributed by atoms with Crippen LogP contribution in [0.4, 0.5) is 0 Å². The van der Waals surface area contributed by atoms with Gasteiger partial charge in [-0.15, -0.1) is 0 Å². The number of carbonyl (C=O) groups is 2. The van der Waals surface area contributed by atoms with Crippen molar-refractivity contribution in [3.8, 4) is 0 Å². The molecule has 0 spiro atoms. The minimum atomic E-state index is -0.461. The van der Waals surface area contributed by atoms with Crippen molar-refractivity contribution in [2.24, 2.45) is 0 Å². The van der Waals surface area contributed by atoms with E-state index in [2.05, 4.69) is 11.9 Å². The van der Waals surface area contributed by atoms with Crippen molar-refractivity contribution < 1.29 is 28.5 Å². The lowest BCUT2D eigenvalue weighted by molar-refractivity contribution is -0.153. The van der Waals surface area contributed by atoms with Crippen LogP contribution in [0.2, 0.25) is 0 Å². The molecule has 2 unspecified atom stereocenters. The fraction of sp³-hybridized carbons (Fsp3) is 0.500. The Hall–Kier alpha value is -2.16. The maximum Gasteiger partial charge on any atom is 0.332 e. The molecule has 0 fully saturated rings. The number of methoxy groups -OCH3 is 1. The zero-order valence-corrected chi connectivity index (χ0v) is 13.8. The molecule has 0 aromatic carbocycles. The Morgan fingerprint density at radius 3 is 2.96 bits per heavy atom. The van der Waals surface area contributed by atoms with Crippen molar-refractivity contribution in [3.05, 3.63) is 36.3 Å². The van der Waals surface area contributed by atoms with Crippen LogP contribution >= 0.6 is 0 Å². The van der Waals surface area contributed by atoms with E-state index in [0.717, 1.165) is 0 Å². The fourth-order valence-electron chi connectivity index (χ4n) is 2.12. The van der Waals surface area contributed by atoms with Gasteiger partial charge in [-0.1, -0.05) is 12.7 Å². The van der Waals surface area contributed by atoms with E-state index in [-0.39, 0.29) is 25.2 Å². The fourth-order valence-corrected chi connectivity index (χ4v) is 2.12. The third-order valence-electron chi connectivity index (χ3n) is 3.40. The molecule has 2 aliphatic heterocycles. The summed E-state index contributed by atoms with van der Waals surface area (Å²) in [4.78, 5) is 24.8. The second kappa shape index (κ2) is 8.62. The van der Waals surface area contributed by atoms with Gasteiger partial charge in [-0.2, -0.15) is 0 Å². The molecule has 2 heterocycles. The maximum atomic E-state index is 11.5. The van der Waals surface area contributed by atoms with Gasteiger partial charge in [0, 0.05) is 18.9 Å². The van der Waals surface area contributed by atoms with E-state index in [9.17, 15) is 9.59 Å². The van der Waals surface area contributed by atoms with Gasteiger partial charge in [0.05, 0.1) is 13.2 Å². The molecule has 1 amide bonds. The summed E-state index contributed by atoms with van der Waals surface area (Å²) in [5, 5.41) is 2.65. The summed E-state index contributed by atoms with van der Waals surface area (Å²) in [7, 11) is 1.56. The molecule has 2 rings (SSSR count). The second-order valence-electron chi connectivity index (χ2n) is 5.30. The first-order valence-electron chi connectivity index (χ1n) is 7.54. The Morgan fingerprint density at radius 1 is 1.42 bits per heavy atom. The number of hydrogen-bond acceptors (Lipinski definition) is 7. The molecule has 0 aliphatic carbocycles. The van der Waals surface area contributed by atoms with Gasteiger partial charge in [-0.25, -0.2) is 4.79 Å². The third-order valence-corrected chi connectivity index (χ3v) is 3.40. The molecule has 132 valence electrons. The zero-order valence-electron chi connectivity index (χ0n) is 13.8. The van der Waals surface area contributed by atoms with E-state index in [1.165, 1.54) is 0 Å². The van der Waals surface area contributed by atoms with Crippen LogP contribution in [0.3, 0.4) is 0 Å². The first-order chi connectivity index (χ1) is 11.5. The van der Waals surface area contributed by atoms with Gasteiger partial charge in [0.15, 0.2) is 6.23 Å². The van der Waals surface area contributed by atoms with E-state index in [4.69, 9.17) is 18.9 Å². The molecule has 0 bridgehead atoms. The van der Waals surface area contributed by atoms with Crippen LogP contribution in [0.25, 0.3) is 0 Å². The van der Waals surface area contributed by atoms with Crippen LogP contribution < -0.4 is 5.32 Å². The highest BCUT2D eigenvalue weighted by atomic mass is 16.6.